The number of nitrogens with zero attached hydrogens (tertiary/aromatic N) is 3. The summed E-state index contributed by atoms with van der Waals surface area (Å²) >= 11 is 5.91. The molecule has 0 radical (unpaired) electrons. The molecule has 5 heteroatoms. The predicted octanol–water partition coefficient (Wildman–Crippen LogP) is 1.99. The minimum absolute atomic E-state index is 0.591. The summed E-state index contributed by atoms with van der Waals surface area (Å²) in [6.07, 6.45) is 5.28. The van der Waals surface area contributed by atoms with Gasteiger partial charge in [0, 0.05) is 18.6 Å². The Morgan fingerprint density at radius 2 is 2.33 bits per heavy atom. The third kappa shape index (κ3) is 1.37. The smallest absolute Gasteiger partial charge is 0.224 e. The van der Waals surface area contributed by atoms with Crippen molar-refractivity contribution >= 4 is 11.6 Å². The van der Waals surface area contributed by atoms with Crippen molar-refractivity contribution in [3.8, 4) is 17.3 Å². The Morgan fingerprint density at radius 3 is 3.27 bits per heavy atom. The van der Waals surface area contributed by atoms with Gasteiger partial charge in [0.1, 0.15) is 12.4 Å². The molecule has 0 atom stereocenters. The van der Waals surface area contributed by atoms with E-state index in [1.807, 2.05) is 16.8 Å². The summed E-state index contributed by atoms with van der Waals surface area (Å²) in [4.78, 5) is 8.43. The monoisotopic (exact) mass is 221 g/mol. The highest BCUT2D eigenvalue weighted by Crippen LogP contribution is 2.31. The molecule has 0 aromatic carbocycles. The molecule has 3 rings (SSSR count). The van der Waals surface area contributed by atoms with E-state index in [0.29, 0.717) is 17.5 Å². The van der Waals surface area contributed by atoms with Gasteiger partial charge < -0.3 is 9.30 Å². The van der Waals surface area contributed by atoms with E-state index in [2.05, 4.69) is 9.97 Å². The normalized spacial score (nSPS) is 13.7. The molecule has 3 heterocycles. The zero-order chi connectivity index (χ0) is 10.3. The molecular formula is C10H8ClN3O. The summed E-state index contributed by atoms with van der Waals surface area (Å²) < 4.78 is 7.55. The maximum absolute atomic E-state index is 5.91. The summed E-state index contributed by atoms with van der Waals surface area (Å²) in [6, 6.07) is 1.83. The van der Waals surface area contributed by atoms with E-state index in [9.17, 15) is 0 Å². The number of fused-ring (bicyclic) bond motifs is 3. The molecule has 15 heavy (non-hydrogen) atoms. The molecular weight excluding hydrogens is 214 g/mol. The van der Waals surface area contributed by atoms with Crippen molar-refractivity contribution in [2.45, 2.75) is 6.54 Å². The molecule has 76 valence electrons. The zero-order valence-corrected chi connectivity index (χ0v) is 8.61. The molecule has 0 bridgehead atoms. The average molecular weight is 222 g/mol. The van der Waals surface area contributed by atoms with Gasteiger partial charge in [-0.3, -0.25) is 0 Å². The predicted molar refractivity (Wildman–Crippen MR) is 56.0 cm³/mol. The van der Waals surface area contributed by atoms with Gasteiger partial charge in [0.05, 0.1) is 17.1 Å². The molecule has 1 aliphatic heterocycles. The highest BCUT2D eigenvalue weighted by molar-refractivity contribution is 6.30. The van der Waals surface area contributed by atoms with Crippen LogP contribution < -0.4 is 4.74 Å². The van der Waals surface area contributed by atoms with Crippen LogP contribution in [0.4, 0.5) is 0 Å². The van der Waals surface area contributed by atoms with Crippen LogP contribution in [0.2, 0.25) is 5.02 Å². The van der Waals surface area contributed by atoms with Crippen LogP contribution in [0.15, 0.2) is 24.7 Å². The summed E-state index contributed by atoms with van der Waals surface area (Å²) in [7, 11) is 0. The summed E-state index contributed by atoms with van der Waals surface area (Å²) in [5.74, 6) is 1.46. The van der Waals surface area contributed by atoms with E-state index in [-0.39, 0.29) is 0 Å². The standard InChI is InChI=1S/C10H8ClN3O/c11-7-5-8-9-12-1-2-14(9)3-4-15-10(8)13-6-7/h1-2,5-6H,3-4H2. The molecule has 2 aromatic heterocycles. The van der Waals surface area contributed by atoms with Gasteiger partial charge in [-0.2, -0.15) is 0 Å². The quantitative estimate of drug-likeness (QED) is 0.683. The Balaban J connectivity index is 2.27. The molecule has 0 aliphatic carbocycles. The minimum atomic E-state index is 0.591. The summed E-state index contributed by atoms with van der Waals surface area (Å²) in [6.45, 7) is 1.38. The van der Waals surface area contributed by atoms with Crippen LogP contribution in [0, 0.1) is 0 Å². The number of hydrogen-bond acceptors (Lipinski definition) is 3. The average Bonchev–Trinajstić information content (AvgIpc) is 2.62. The maximum atomic E-state index is 5.91. The zero-order valence-electron chi connectivity index (χ0n) is 7.85. The first-order valence-corrected chi connectivity index (χ1v) is 5.02. The van der Waals surface area contributed by atoms with Gasteiger partial charge >= 0.3 is 0 Å². The van der Waals surface area contributed by atoms with Gasteiger partial charge in [0.15, 0.2) is 0 Å². The molecule has 0 N–H and O–H groups in total. The number of hydrogen-bond donors (Lipinski definition) is 0. The van der Waals surface area contributed by atoms with Gasteiger partial charge in [0.2, 0.25) is 5.88 Å². The number of imidazole rings is 1. The highest BCUT2D eigenvalue weighted by atomic mass is 35.5. The van der Waals surface area contributed by atoms with Gasteiger partial charge in [-0.25, -0.2) is 9.97 Å². The van der Waals surface area contributed by atoms with Crippen LogP contribution in [0.1, 0.15) is 0 Å². The molecule has 2 aromatic rings. The molecule has 0 spiro atoms. The van der Waals surface area contributed by atoms with E-state index in [0.717, 1.165) is 17.9 Å². The highest BCUT2D eigenvalue weighted by Gasteiger charge is 2.17. The van der Waals surface area contributed by atoms with Crippen molar-refractivity contribution in [3.63, 3.8) is 0 Å². The van der Waals surface area contributed by atoms with Crippen LogP contribution in [0.25, 0.3) is 11.4 Å². The molecule has 0 saturated carbocycles. The molecule has 1 aliphatic rings. The molecule has 4 nitrogen and oxygen atoms in total. The van der Waals surface area contributed by atoms with Crippen molar-refractivity contribution in [1.29, 1.82) is 0 Å². The Hall–Kier alpha value is -1.55. The maximum Gasteiger partial charge on any atom is 0.224 e. The first-order chi connectivity index (χ1) is 7.34. The fraction of sp³-hybridized carbons (Fsp3) is 0.200. The van der Waals surface area contributed by atoms with Crippen molar-refractivity contribution in [2.75, 3.05) is 6.61 Å². The third-order valence-corrected chi connectivity index (χ3v) is 2.55. The minimum Gasteiger partial charge on any atom is -0.475 e. The molecule has 0 fully saturated rings. The number of rotatable bonds is 0. The van der Waals surface area contributed by atoms with Crippen molar-refractivity contribution in [2.24, 2.45) is 0 Å². The van der Waals surface area contributed by atoms with Crippen LogP contribution in [-0.2, 0) is 6.54 Å². The lowest BCUT2D eigenvalue weighted by Gasteiger charge is -2.04. The second-order valence-corrected chi connectivity index (χ2v) is 3.74. The van der Waals surface area contributed by atoms with E-state index in [4.69, 9.17) is 16.3 Å². The van der Waals surface area contributed by atoms with Crippen LogP contribution in [0.3, 0.4) is 0 Å². The lowest BCUT2D eigenvalue weighted by Crippen LogP contribution is -2.04. The van der Waals surface area contributed by atoms with E-state index >= 15 is 0 Å². The van der Waals surface area contributed by atoms with Crippen LogP contribution >= 0.6 is 11.6 Å². The number of pyridine rings is 1. The topological polar surface area (TPSA) is 39.9 Å². The Morgan fingerprint density at radius 1 is 1.40 bits per heavy atom. The molecule has 0 unspecified atom stereocenters. The lowest BCUT2D eigenvalue weighted by molar-refractivity contribution is 0.296. The van der Waals surface area contributed by atoms with Crippen LogP contribution in [-0.4, -0.2) is 21.1 Å². The van der Waals surface area contributed by atoms with E-state index < -0.39 is 0 Å². The second kappa shape index (κ2) is 3.24. The Labute approximate surface area is 91.5 Å². The van der Waals surface area contributed by atoms with E-state index in [1.54, 1.807) is 12.4 Å². The first kappa shape index (κ1) is 8.73. The van der Waals surface area contributed by atoms with Gasteiger partial charge in [-0.15, -0.1) is 0 Å². The summed E-state index contributed by atoms with van der Waals surface area (Å²) in [5, 5.41) is 0.591. The lowest BCUT2D eigenvalue weighted by atomic mass is 10.2. The van der Waals surface area contributed by atoms with Crippen molar-refractivity contribution < 1.29 is 4.74 Å². The van der Waals surface area contributed by atoms with Gasteiger partial charge in [-0.05, 0) is 6.07 Å². The second-order valence-electron chi connectivity index (χ2n) is 3.30. The summed E-state index contributed by atoms with van der Waals surface area (Å²) in [5.41, 5.74) is 0.852. The fourth-order valence-corrected chi connectivity index (χ4v) is 1.83. The van der Waals surface area contributed by atoms with Gasteiger partial charge in [-0.1, -0.05) is 11.6 Å². The largest absolute Gasteiger partial charge is 0.475 e. The Kier molecular flexibility index (Phi) is 1.89. The van der Waals surface area contributed by atoms with E-state index in [1.165, 1.54) is 0 Å². The number of aromatic nitrogens is 3. The fourth-order valence-electron chi connectivity index (χ4n) is 1.68. The number of ether oxygens (including phenoxy) is 1. The van der Waals surface area contributed by atoms with Crippen molar-refractivity contribution in [3.05, 3.63) is 29.7 Å². The number of halogens is 1. The van der Waals surface area contributed by atoms with Crippen LogP contribution in [0.5, 0.6) is 5.88 Å². The first-order valence-electron chi connectivity index (χ1n) is 4.64. The molecule has 0 amide bonds. The van der Waals surface area contributed by atoms with Gasteiger partial charge in [0.25, 0.3) is 0 Å². The van der Waals surface area contributed by atoms with Crippen molar-refractivity contribution in [1.82, 2.24) is 14.5 Å². The SMILES string of the molecule is Clc1cnc2c(c1)-c1nccn1CCO2. The molecule has 0 saturated heterocycles. The Bertz CT molecular complexity index is 509. The third-order valence-electron chi connectivity index (χ3n) is 2.35.